The minimum absolute atomic E-state index is 0.140. The van der Waals surface area contributed by atoms with E-state index in [2.05, 4.69) is 24.2 Å². The molecule has 0 radical (unpaired) electrons. The van der Waals surface area contributed by atoms with Gasteiger partial charge in [-0.15, -0.1) is 0 Å². The number of nitrogens with two attached hydrogens (primary N) is 1. The van der Waals surface area contributed by atoms with Gasteiger partial charge in [0, 0.05) is 18.9 Å². The topological polar surface area (TPSA) is 43.8 Å². The van der Waals surface area contributed by atoms with E-state index in [1.165, 1.54) is 11.1 Å². The van der Waals surface area contributed by atoms with Gasteiger partial charge < -0.3 is 5.73 Å². The molecule has 2 rings (SSSR count). The lowest BCUT2D eigenvalue weighted by atomic mass is 10.0. The van der Waals surface area contributed by atoms with E-state index in [9.17, 15) is 0 Å². The Morgan fingerprint density at radius 2 is 2.13 bits per heavy atom. The number of hydrogen-bond acceptors (Lipinski definition) is 2. The summed E-state index contributed by atoms with van der Waals surface area (Å²) in [7, 11) is 0. The van der Waals surface area contributed by atoms with Gasteiger partial charge >= 0.3 is 0 Å². The zero-order valence-electron chi connectivity index (χ0n) is 8.80. The van der Waals surface area contributed by atoms with E-state index in [1.807, 2.05) is 29.1 Å². The van der Waals surface area contributed by atoms with Crippen molar-refractivity contribution in [1.29, 1.82) is 0 Å². The fourth-order valence-electron chi connectivity index (χ4n) is 1.80. The molecule has 0 spiro atoms. The highest BCUT2D eigenvalue weighted by atomic mass is 15.3. The third kappa shape index (κ3) is 1.92. The summed E-state index contributed by atoms with van der Waals surface area (Å²) in [6, 6.07) is 10.3. The molecule has 2 N–H and O–H groups in total. The van der Waals surface area contributed by atoms with E-state index in [0.29, 0.717) is 6.54 Å². The molecule has 0 aliphatic rings. The molecule has 0 bridgehead atoms. The Bertz CT molecular complexity index is 420. The van der Waals surface area contributed by atoms with Crippen LogP contribution in [-0.4, -0.2) is 16.3 Å². The van der Waals surface area contributed by atoms with Gasteiger partial charge in [0.2, 0.25) is 0 Å². The van der Waals surface area contributed by atoms with Crippen molar-refractivity contribution in [1.82, 2.24) is 9.78 Å². The third-order valence-electron chi connectivity index (χ3n) is 2.61. The molecule has 0 fully saturated rings. The number of hydrogen-bond donors (Lipinski definition) is 1. The normalized spacial score (nSPS) is 12.7. The van der Waals surface area contributed by atoms with Crippen LogP contribution >= 0.6 is 0 Å². The van der Waals surface area contributed by atoms with E-state index in [-0.39, 0.29) is 6.04 Å². The second kappa shape index (κ2) is 4.28. The van der Waals surface area contributed by atoms with Gasteiger partial charge in [0.15, 0.2) is 0 Å². The quantitative estimate of drug-likeness (QED) is 0.822. The summed E-state index contributed by atoms with van der Waals surface area (Å²) in [5, 5.41) is 4.24. The number of benzene rings is 1. The van der Waals surface area contributed by atoms with Crippen molar-refractivity contribution in [2.75, 3.05) is 6.54 Å². The Morgan fingerprint density at radius 1 is 1.33 bits per heavy atom. The van der Waals surface area contributed by atoms with Crippen molar-refractivity contribution < 1.29 is 0 Å². The maximum Gasteiger partial charge on any atom is 0.0893 e. The first-order valence-electron chi connectivity index (χ1n) is 5.07. The number of nitrogens with zero attached hydrogens (tertiary/aromatic N) is 2. The van der Waals surface area contributed by atoms with Crippen molar-refractivity contribution in [2.24, 2.45) is 5.73 Å². The third-order valence-corrected chi connectivity index (χ3v) is 2.61. The molecule has 1 unspecified atom stereocenters. The molecule has 1 heterocycles. The molecule has 0 aliphatic carbocycles. The first-order valence-corrected chi connectivity index (χ1v) is 5.07. The molecular weight excluding hydrogens is 186 g/mol. The van der Waals surface area contributed by atoms with Gasteiger partial charge in [-0.1, -0.05) is 24.3 Å². The van der Waals surface area contributed by atoms with Gasteiger partial charge in [0.05, 0.1) is 6.04 Å². The fraction of sp³-hybridized carbons (Fsp3) is 0.250. The molecule has 1 aromatic carbocycles. The zero-order chi connectivity index (χ0) is 10.7. The van der Waals surface area contributed by atoms with Crippen molar-refractivity contribution in [2.45, 2.75) is 13.0 Å². The SMILES string of the molecule is Cc1ccccc1C(CN)n1cccn1. The van der Waals surface area contributed by atoms with Gasteiger partial charge in [0.25, 0.3) is 0 Å². The molecule has 78 valence electrons. The molecule has 0 aliphatic heterocycles. The second-order valence-corrected chi connectivity index (χ2v) is 3.59. The largest absolute Gasteiger partial charge is 0.328 e. The van der Waals surface area contributed by atoms with Crippen LogP contribution < -0.4 is 5.73 Å². The van der Waals surface area contributed by atoms with Crippen LogP contribution in [0, 0.1) is 6.92 Å². The maximum absolute atomic E-state index is 5.80. The van der Waals surface area contributed by atoms with Crippen LogP contribution in [0.1, 0.15) is 17.2 Å². The average molecular weight is 201 g/mol. The summed E-state index contributed by atoms with van der Waals surface area (Å²) in [6.45, 7) is 2.66. The second-order valence-electron chi connectivity index (χ2n) is 3.59. The van der Waals surface area contributed by atoms with Crippen LogP contribution in [0.4, 0.5) is 0 Å². The zero-order valence-corrected chi connectivity index (χ0v) is 8.80. The lowest BCUT2D eigenvalue weighted by Crippen LogP contribution is -2.21. The summed E-state index contributed by atoms with van der Waals surface area (Å²) in [4.78, 5) is 0. The predicted octanol–water partition coefficient (Wildman–Crippen LogP) is 1.74. The van der Waals surface area contributed by atoms with Crippen LogP contribution in [0.3, 0.4) is 0 Å². The molecule has 3 heteroatoms. The first kappa shape index (κ1) is 9.93. The first-order chi connectivity index (χ1) is 7.33. The molecule has 0 amide bonds. The van der Waals surface area contributed by atoms with E-state index in [0.717, 1.165) is 0 Å². The van der Waals surface area contributed by atoms with Gasteiger partial charge in [-0.3, -0.25) is 4.68 Å². The minimum Gasteiger partial charge on any atom is -0.328 e. The predicted molar refractivity (Wildman–Crippen MR) is 60.6 cm³/mol. The Morgan fingerprint density at radius 3 is 2.73 bits per heavy atom. The van der Waals surface area contributed by atoms with Gasteiger partial charge in [-0.25, -0.2) is 0 Å². The van der Waals surface area contributed by atoms with Gasteiger partial charge in [-0.2, -0.15) is 5.10 Å². The maximum atomic E-state index is 5.80. The van der Waals surface area contributed by atoms with Crippen LogP contribution in [0.15, 0.2) is 42.7 Å². The summed E-state index contributed by atoms with van der Waals surface area (Å²) >= 11 is 0. The summed E-state index contributed by atoms with van der Waals surface area (Å²) in [5.74, 6) is 0. The number of aryl methyl sites for hydroxylation is 1. The van der Waals surface area contributed by atoms with Gasteiger partial charge in [0.1, 0.15) is 0 Å². The number of rotatable bonds is 3. The molecule has 3 nitrogen and oxygen atoms in total. The van der Waals surface area contributed by atoms with Crippen molar-refractivity contribution in [3.8, 4) is 0 Å². The van der Waals surface area contributed by atoms with Crippen molar-refractivity contribution in [3.05, 3.63) is 53.9 Å². The highest BCUT2D eigenvalue weighted by Gasteiger charge is 2.13. The Labute approximate surface area is 89.5 Å². The molecule has 15 heavy (non-hydrogen) atoms. The minimum atomic E-state index is 0.140. The standard InChI is InChI=1S/C12H15N3/c1-10-5-2-3-6-11(10)12(9-13)15-8-4-7-14-15/h2-8,12H,9,13H2,1H3. The highest BCUT2D eigenvalue weighted by molar-refractivity contribution is 5.29. The Balaban J connectivity index is 2.40. The van der Waals surface area contributed by atoms with Crippen molar-refractivity contribution in [3.63, 3.8) is 0 Å². The van der Waals surface area contributed by atoms with Crippen LogP contribution in [-0.2, 0) is 0 Å². The summed E-state index contributed by atoms with van der Waals surface area (Å²) < 4.78 is 1.91. The number of aromatic nitrogens is 2. The smallest absolute Gasteiger partial charge is 0.0893 e. The Kier molecular flexibility index (Phi) is 2.83. The fourth-order valence-corrected chi connectivity index (χ4v) is 1.80. The summed E-state index contributed by atoms with van der Waals surface area (Å²) in [6.07, 6.45) is 3.73. The monoisotopic (exact) mass is 201 g/mol. The van der Waals surface area contributed by atoms with Crippen LogP contribution in [0.5, 0.6) is 0 Å². The van der Waals surface area contributed by atoms with Crippen LogP contribution in [0.2, 0.25) is 0 Å². The van der Waals surface area contributed by atoms with Crippen molar-refractivity contribution >= 4 is 0 Å². The highest BCUT2D eigenvalue weighted by Crippen LogP contribution is 2.19. The molecule has 1 aromatic heterocycles. The average Bonchev–Trinajstić information content (AvgIpc) is 2.75. The molecule has 0 saturated carbocycles. The Hall–Kier alpha value is -1.61. The molecular formula is C12H15N3. The van der Waals surface area contributed by atoms with E-state index < -0.39 is 0 Å². The van der Waals surface area contributed by atoms with E-state index >= 15 is 0 Å². The lowest BCUT2D eigenvalue weighted by molar-refractivity contribution is 0.530. The lowest BCUT2D eigenvalue weighted by Gasteiger charge is -2.17. The summed E-state index contributed by atoms with van der Waals surface area (Å²) in [5.41, 5.74) is 8.30. The van der Waals surface area contributed by atoms with E-state index in [4.69, 9.17) is 5.73 Å². The van der Waals surface area contributed by atoms with E-state index in [1.54, 1.807) is 6.20 Å². The van der Waals surface area contributed by atoms with Gasteiger partial charge in [-0.05, 0) is 24.1 Å². The van der Waals surface area contributed by atoms with Crippen LogP contribution in [0.25, 0.3) is 0 Å². The molecule has 2 aromatic rings. The molecule has 1 atom stereocenters. The molecule has 0 saturated heterocycles.